The Kier molecular flexibility index (Phi) is 5.89. The molecule has 0 heterocycles. The van der Waals surface area contributed by atoms with Gasteiger partial charge in [0.1, 0.15) is 11.6 Å². The summed E-state index contributed by atoms with van der Waals surface area (Å²) >= 11 is 11.9. The number of anilines is 1. The van der Waals surface area contributed by atoms with Crippen molar-refractivity contribution in [2.24, 2.45) is 0 Å². The standard InChI is InChI=1S/C20H18Cl2N2O/c1-20(2,3)15-6-4-13(5-7-15)10-14(12-23)19(25)24-18-9-8-16(21)11-17(18)22/h4-11H,1-3H3,(H,24,25)/b14-10+. The molecular formula is C20H18Cl2N2O. The van der Waals surface area contributed by atoms with E-state index in [0.717, 1.165) is 5.56 Å². The zero-order valence-electron chi connectivity index (χ0n) is 14.2. The van der Waals surface area contributed by atoms with Crippen LogP contribution < -0.4 is 5.32 Å². The Morgan fingerprint density at radius 3 is 2.28 bits per heavy atom. The Morgan fingerprint density at radius 2 is 1.76 bits per heavy atom. The number of nitrogens with zero attached hydrogens (tertiary/aromatic N) is 1. The van der Waals surface area contributed by atoms with E-state index in [-0.39, 0.29) is 11.0 Å². The van der Waals surface area contributed by atoms with Gasteiger partial charge in [0.25, 0.3) is 5.91 Å². The van der Waals surface area contributed by atoms with Gasteiger partial charge in [0.2, 0.25) is 0 Å². The van der Waals surface area contributed by atoms with Crippen molar-refractivity contribution < 1.29 is 4.79 Å². The number of nitriles is 1. The summed E-state index contributed by atoms with van der Waals surface area (Å²) in [7, 11) is 0. The molecular weight excluding hydrogens is 355 g/mol. The number of carbonyl (C=O) groups excluding carboxylic acids is 1. The molecule has 0 saturated carbocycles. The molecule has 128 valence electrons. The van der Waals surface area contributed by atoms with Gasteiger partial charge in [0.15, 0.2) is 0 Å². The molecule has 2 rings (SSSR count). The smallest absolute Gasteiger partial charge is 0.266 e. The van der Waals surface area contributed by atoms with Gasteiger partial charge < -0.3 is 5.32 Å². The minimum Gasteiger partial charge on any atom is -0.320 e. The lowest BCUT2D eigenvalue weighted by atomic mass is 9.86. The molecule has 0 aliphatic heterocycles. The highest BCUT2D eigenvalue weighted by molar-refractivity contribution is 6.36. The summed E-state index contributed by atoms with van der Waals surface area (Å²) in [5, 5.41) is 12.7. The second-order valence-electron chi connectivity index (χ2n) is 6.62. The molecule has 0 bridgehead atoms. The molecule has 0 unspecified atom stereocenters. The lowest BCUT2D eigenvalue weighted by Crippen LogP contribution is -2.13. The SMILES string of the molecule is CC(C)(C)c1ccc(/C=C(\C#N)C(=O)Nc2ccc(Cl)cc2Cl)cc1. The van der Waals surface area contributed by atoms with Crippen molar-refractivity contribution in [2.45, 2.75) is 26.2 Å². The average molecular weight is 373 g/mol. The van der Waals surface area contributed by atoms with Crippen LogP contribution >= 0.6 is 23.2 Å². The molecule has 0 aromatic heterocycles. The summed E-state index contributed by atoms with van der Waals surface area (Å²) < 4.78 is 0. The van der Waals surface area contributed by atoms with E-state index in [1.165, 1.54) is 11.6 Å². The van der Waals surface area contributed by atoms with Gasteiger partial charge in [-0.3, -0.25) is 4.79 Å². The number of amides is 1. The van der Waals surface area contributed by atoms with E-state index in [4.69, 9.17) is 23.2 Å². The summed E-state index contributed by atoms with van der Waals surface area (Å²) in [4.78, 5) is 12.3. The fraction of sp³-hybridized carbons (Fsp3) is 0.200. The topological polar surface area (TPSA) is 52.9 Å². The molecule has 0 aliphatic rings. The lowest BCUT2D eigenvalue weighted by Gasteiger charge is -2.18. The average Bonchev–Trinajstić information content (AvgIpc) is 2.54. The molecule has 0 atom stereocenters. The van der Waals surface area contributed by atoms with Crippen LogP contribution in [0.4, 0.5) is 5.69 Å². The first-order chi connectivity index (χ1) is 11.7. The van der Waals surface area contributed by atoms with Crippen LogP contribution in [0.1, 0.15) is 31.9 Å². The maximum atomic E-state index is 12.3. The zero-order valence-corrected chi connectivity index (χ0v) is 15.7. The van der Waals surface area contributed by atoms with Crippen molar-refractivity contribution in [1.29, 1.82) is 5.26 Å². The molecule has 3 nitrogen and oxygen atoms in total. The van der Waals surface area contributed by atoms with Crippen molar-refractivity contribution in [1.82, 2.24) is 0 Å². The maximum absolute atomic E-state index is 12.3. The first-order valence-corrected chi connectivity index (χ1v) is 8.45. The summed E-state index contributed by atoms with van der Waals surface area (Å²) in [5.41, 5.74) is 2.40. The Labute approximate surface area is 157 Å². The van der Waals surface area contributed by atoms with Crippen LogP contribution in [-0.4, -0.2) is 5.91 Å². The number of carbonyl (C=O) groups is 1. The fourth-order valence-corrected chi connectivity index (χ4v) is 2.63. The molecule has 0 saturated heterocycles. The highest BCUT2D eigenvalue weighted by atomic mass is 35.5. The Balaban J connectivity index is 2.22. The van der Waals surface area contributed by atoms with E-state index in [0.29, 0.717) is 15.7 Å². The number of hydrogen-bond donors (Lipinski definition) is 1. The largest absolute Gasteiger partial charge is 0.320 e. The predicted molar refractivity (Wildman–Crippen MR) is 104 cm³/mol. The van der Waals surface area contributed by atoms with Crippen LogP contribution in [-0.2, 0) is 10.2 Å². The second kappa shape index (κ2) is 7.74. The lowest BCUT2D eigenvalue weighted by molar-refractivity contribution is -0.112. The Morgan fingerprint density at radius 1 is 1.12 bits per heavy atom. The van der Waals surface area contributed by atoms with Gasteiger partial charge in [-0.05, 0) is 40.8 Å². The van der Waals surface area contributed by atoms with Crippen molar-refractivity contribution >= 4 is 40.9 Å². The van der Waals surface area contributed by atoms with Crippen LogP contribution in [0.3, 0.4) is 0 Å². The Hall–Kier alpha value is -2.28. The first-order valence-electron chi connectivity index (χ1n) is 7.69. The summed E-state index contributed by atoms with van der Waals surface area (Å²) in [6, 6.07) is 14.4. The van der Waals surface area contributed by atoms with Gasteiger partial charge in [-0.1, -0.05) is 68.2 Å². The Bertz CT molecular complexity index is 857. The quantitative estimate of drug-likeness (QED) is 0.543. The van der Waals surface area contributed by atoms with E-state index >= 15 is 0 Å². The third kappa shape index (κ3) is 5.09. The number of nitrogens with one attached hydrogen (secondary N) is 1. The van der Waals surface area contributed by atoms with Crippen LogP contribution in [0.25, 0.3) is 6.08 Å². The maximum Gasteiger partial charge on any atom is 0.266 e. The molecule has 0 fully saturated rings. The zero-order chi connectivity index (χ0) is 18.6. The molecule has 0 aliphatic carbocycles. The summed E-state index contributed by atoms with van der Waals surface area (Å²) in [6.45, 7) is 6.38. The van der Waals surface area contributed by atoms with Gasteiger partial charge >= 0.3 is 0 Å². The van der Waals surface area contributed by atoms with Crippen LogP contribution in [0.2, 0.25) is 10.0 Å². The molecule has 2 aromatic carbocycles. The molecule has 5 heteroatoms. The molecule has 2 aromatic rings. The van der Waals surface area contributed by atoms with Gasteiger partial charge in [-0.2, -0.15) is 5.26 Å². The number of benzene rings is 2. The van der Waals surface area contributed by atoms with Crippen molar-refractivity contribution in [3.05, 3.63) is 69.2 Å². The minimum absolute atomic E-state index is 0.00507. The van der Waals surface area contributed by atoms with Crippen LogP contribution in [0.5, 0.6) is 0 Å². The van der Waals surface area contributed by atoms with Crippen LogP contribution in [0.15, 0.2) is 48.0 Å². The normalized spacial score (nSPS) is 11.8. The van der Waals surface area contributed by atoms with E-state index in [1.807, 2.05) is 30.3 Å². The van der Waals surface area contributed by atoms with Crippen molar-refractivity contribution in [3.63, 3.8) is 0 Å². The summed E-state index contributed by atoms with van der Waals surface area (Å²) in [5.74, 6) is -0.522. The predicted octanol–water partition coefficient (Wildman–Crippen LogP) is 5.84. The number of halogens is 2. The van der Waals surface area contributed by atoms with Crippen molar-refractivity contribution in [3.8, 4) is 6.07 Å². The third-order valence-corrected chi connectivity index (χ3v) is 4.18. The highest BCUT2D eigenvalue weighted by Gasteiger charge is 2.14. The van der Waals surface area contributed by atoms with E-state index in [1.54, 1.807) is 18.2 Å². The molecule has 1 amide bonds. The molecule has 0 spiro atoms. The van der Waals surface area contributed by atoms with Crippen LogP contribution in [0, 0.1) is 11.3 Å². The van der Waals surface area contributed by atoms with Gasteiger partial charge in [0.05, 0.1) is 10.7 Å². The highest BCUT2D eigenvalue weighted by Crippen LogP contribution is 2.26. The minimum atomic E-state index is -0.522. The first kappa shape index (κ1) is 19.1. The number of rotatable bonds is 3. The molecule has 1 N–H and O–H groups in total. The fourth-order valence-electron chi connectivity index (χ4n) is 2.18. The van der Waals surface area contributed by atoms with Gasteiger partial charge in [0, 0.05) is 5.02 Å². The van der Waals surface area contributed by atoms with Gasteiger partial charge in [-0.25, -0.2) is 0 Å². The molecule has 0 radical (unpaired) electrons. The number of hydrogen-bond acceptors (Lipinski definition) is 2. The monoisotopic (exact) mass is 372 g/mol. The van der Waals surface area contributed by atoms with E-state index in [9.17, 15) is 10.1 Å². The van der Waals surface area contributed by atoms with Crippen molar-refractivity contribution in [2.75, 3.05) is 5.32 Å². The van der Waals surface area contributed by atoms with Gasteiger partial charge in [-0.15, -0.1) is 0 Å². The third-order valence-electron chi connectivity index (χ3n) is 3.63. The van der Waals surface area contributed by atoms with E-state index < -0.39 is 5.91 Å². The molecule has 25 heavy (non-hydrogen) atoms. The van der Waals surface area contributed by atoms with E-state index in [2.05, 4.69) is 26.1 Å². The summed E-state index contributed by atoms with van der Waals surface area (Å²) in [6.07, 6.45) is 1.55. The second-order valence-corrected chi connectivity index (χ2v) is 7.46.